The quantitative estimate of drug-likeness (QED) is 0.346. The summed E-state index contributed by atoms with van der Waals surface area (Å²) < 4.78 is 13.6. The summed E-state index contributed by atoms with van der Waals surface area (Å²) in [6, 6.07) is 21.8. The fourth-order valence-corrected chi connectivity index (χ4v) is 3.44. The summed E-state index contributed by atoms with van der Waals surface area (Å²) in [4.78, 5) is 21.1. The van der Waals surface area contributed by atoms with Crippen LogP contribution >= 0.6 is 0 Å². The summed E-state index contributed by atoms with van der Waals surface area (Å²) in [5, 5.41) is 2.89. The molecule has 5 rings (SSSR count). The number of nitrogens with zero attached hydrogens (tertiary/aromatic N) is 3. The number of ether oxygens (including phenoxy) is 2. The van der Waals surface area contributed by atoms with Crippen molar-refractivity contribution in [2.45, 2.75) is 13.5 Å². The van der Waals surface area contributed by atoms with Crippen LogP contribution in [0.25, 0.3) is 5.65 Å². The van der Waals surface area contributed by atoms with Gasteiger partial charge in [0.2, 0.25) is 0 Å². The molecule has 0 spiro atoms. The van der Waals surface area contributed by atoms with Crippen LogP contribution in [0.15, 0.2) is 97.6 Å². The maximum atomic E-state index is 12.6. The molecule has 0 bridgehead atoms. The van der Waals surface area contributed by atoms with Gasteiger partial charge in [0, 0.05) is 36.0 Å². The third-order valence-corrected chi connectivity index (χ3v) is 5.15. The highest BCUT2D eigenvalue weighted by Crippen LogP contribution is 2.23. The Morgan fingerprint density at radius 3 is 2.32 bits per heavy atom. The van der Waals surface area contributed by atoms with E-state index in [1.165, 1.54) is 5.56 Å². The number of anilines is 1. The van der Waals surface area contributed by atoms with Crippen molar-refractivity contribution >= 4 is 17.2 Å². The molecule has 0 aliphatic rings. The summed E-state index contributed by atoms with van der Waals surface area (Å²) in [5.41, 5.74) is 4.10. The molecule has 0 fully saturated rings. The van der Waals surface area contributed by atoms with Gasteiger partial charge in [-0.25, -0.2) is 4.98 Å². The lowest BCUT2D eigenvalue weighted by Crippen LogP contribution is -2.11. The van der Waals surface area contributed by atoms with Gasteiger partial charge in [-0.2, -0.15) is 0 Å². The molecule has 7 heteroatoms. The minimum atomic E-state index is -0.204. The van der Waals surface area contributed by atoms with Gasteiger partial charge in [-0.3, -0.25) is 9.78 Å². The number of aryl methyl sites for hydroxylation is 1. The van der Waals surface area contributed by atoms with Crippen LogP contribution in [-0.2, 0) is 6.61 Å². The SMILES string of the molecule is Cc1ccc2nc(COc3ccc(C(=O)Nc4ccc(Oc5ccncc5)cc4)cc3)cn2c1. The first-order chi connectivity index (χ1) is 16.6. The number of hydrogen-bond acceptors (Lipinski definition) is 5. The predicted octanol–water partition coefficient (Wildman–Crippen LogP) is 5.66. The Kier molecular flexibility index (Phi) is 5.90. The second-order valence-corrected chi connectivity index (χ2v) is 7.78. The van der Waals surface area contributed by atoms with E-state index in [0.29, 0.717) is 35.1 Å². The first-order valence-electron chi connectivity index (χ1n) is 10.8. The van der Waals surface area contributed by atoms with E-state index in [1.807, 2.05) is 35.9 Å². The van der Waals surface area contributed by atoms with Crippen LogP contribution in [-0.4, -0.2) is 20.3 Å². The van der Waals surface area contributed by atoms with Crippen LogP contribution in [0.5, 0.6) is 17.2 Å². The molecule has 7 nitrogen and oxygen atoms in total. The molecular weight excluding hydrogens is 428 g/mol. The Morgan fingerprint density at radius 1 is 0.853 bits per heavy atom. The van der Waals surface area contributed by atoms with Crippen molar-refractivity contribution in [2.24, 2.45) is 0 Å². The number of amides is 1. The highest BCUT2D eigenvalue weighted by atomic mass is 16.5. The molecule has 168 valence electrons. The molecule has 0 saturated heterocycles. The number of carbonyl (C=O) groups is 1. The van der Waals surface area contributed by atoms with Gasteiger partial charge in [-0.15, -0.1) is 0 Å². The van der Waals surface area contributed by atoms with E-state index >= 15 is 0 Å². The Balaban J connectivity index is 1.16. The van der Waals surface area contributed by atoms with Gasteiger partial charge < -0.3 is 19.2 Å². The number of aromatic nitrogens is 3. The maximum absolute atomic E-state index is 12.6. The number of pyridine rings is 2. The number of benzene rings is 2. The molecular formula is C27H22N4O3. The van der Waals surface area contributed by atoms with E-state index in [2.05, 4.69) is 15.3 Å². The third kappa shape index (κ3) is 5.05. The van der Waals surface area contributed by atoms with Gasteiger partial charge in [0.25, 0.3) is 5.91 Å². The van der Waals surface area contributed by atoms with Crippen LogP contribution in [0.3, 0.4) is 0 Å². The van der Waals surface area contributed by atoms with Crippen LogP contribution in [0, 0.1) is 6.92 Å². The number of imidazole rings is 1. The fourth-order valence-electron chi connectivity index (χ4n) is 3.44. The van der Waals surface area contributed by atoms with Gasteiger partial charge in [-0.05, 0) is 79.2 Å². The standard InChI is InChI=1S/C27H22N4O3/c1-19-2-11-26-29-22(17-31(26)16-19)18-33-23-7-3-20(4-8-23)27(32)30-21-5-9-24(10-6-21)34-25-12-14-28-15-13-25/h2-17H,18H2,1H3,(H,30,32). The highest BCUT2D eigenvalue weighted by molar-refractivity contribution is 6.04. The van der Waals surface area contributed by atoms with Crippen molar-refractivity contribution in [1.82, 2.24) is 14.4 Å². The van der Waals surface area contributed by atoms with Crippen LogP contribution in [0.1, 0.15) is 21.6 Å². The van der Waals surface area contributed by atoms with E-state index in [4.69, 9.17) is 9.47 Å². The first-order valence-corrected chi connectivity index (χ1v) is 10.8. The van der Waals surface area contributed by atoms with Crippen molar-refractivity contribution in [3.63, 3.8) is 0 Å². The van der Waals surface area contributed by atoms with E-state index in [-0.39, 0.29) is 5.91 Å². The average molecular weight is 450 g/mol. The summed E-state index contributed by atoms with van der Waals surface area (Å²) in [6.45, 7) is 2.39. The first kappa shape index (κ1) is 21.2. The molecule has 1 amide bonds. The van der Waals surface area contributed by atoms with Crippen LogP contribution in [0.4, 0.5) is 5.69 Å². The van der Waals surface area contributed by atoms with Crippen molar-refractivity contribution in [3.8, 4) is 17.2 Å². The average Bonchev–Trinajstić information content (AvgIpc) is 3.27. The molecule has 3 heterocycles. The molecule has 1 N–H and O–H groups in total. The summed E-state index contributed by atoms with van der Waals surface area (Å²) in [6.07, 6.45) is 7.32. The lowest BCUT2D eigenvalue weighted by Gasteiger charge is -2.09. The van der Waals surface area contributed by atoms with E-state index in [9.17, 15) is 4.79 Å². The largest absolute Gasteiger partial charge is 0.487 e. The molecule has 0 saturated carbocycles. The zero-order chi connectivity index (χ0) is 23.3. The summed E-state index contributed by atoms with van der Waals surface area (Å²) >= 11 is 0. The third-order valence-electron chi connectivity index (χ3n) is 5.15. The van der Waals surface area contributed by atoms with Crippen LogP contribution < -0.4 is 14.8 Å². The molecule has 0 unspecified atom stereocenters. The normalized spacial score (nSPS) is 10.7. The number of fused-ring (bicyclic) bond motifs is 1. The maximum Gasteiger partial charge on any atom is 0.255 e. The monoisotopic (exact) mass is 450 g/mol. The summed E-state index contributed by atoms with van der Waals surface area (Å²) in [5.74, 6) is 1.84. The van der Waals surface area contributed by atoms with Gasteiger partial charge in [-0.1, -0.05) is 6.07 Å². The lowest BCUT2D eigenvalue weighted by atomic mass is 10.2. The molecule has 34 heavy (non-hydrogen) atoms. The number of rotatable bonds is 7. The smallest absolute Gasteiger partial charge is 0.255 e. The Labute approximate surface area is 196 Å². The van der Waals surface area contributed by atoms with E-state index < -0.39 is 0 Å². The molecule has 0 atom stereocenters. The Hall–Kier alpha value is -4.65. The number of carbonyl (C=O) groups excluding carboxylic acids is 1. The molecule has 2 aromatic carbocycles. The van der Waals surface area contributed by atoms with E-state index in [1.54, 1.807) is 73.1 Å². The van der Waals surface area contributed by atoms with E-state index in [0.717, 1.165) is 11.3 Å². The molecule has 0 aliphatic carbocycles. The molecule has 0 radical (unpaired) electrons. The van der Waals surface area contributed by atoms with Gasteiger partial charge in [0.15, 0.2) is 0 Å². The highest BCUT2D eigenvalue weighted by Gasteiger charge is 2.08. The second-order valence-electron chi connectivity index (χ2n) is 7.78. The number of nitrogens with one attached hydrogen (secondary N) is 1. The van der Waals surface area contributed by atoms with Crippen molar-refractivity contribution in [3.05, 3.63) is 114 Å². The molecule has 0 aliphatic heterocycles. The van der Waals surface area contributed by atoms with Gasteiger partial charge >= 0.3 is 0 Å². The molecule has 5 aromatic rings. The van der Waals surface area contributed by atoms with Gasteiger partial charge in [0.05, 0.1) is 5.69 Å². The van der Waals surface area contributed by atoms with Crippen molar-refractivity contribution in [1.29, 1.82) is 0 Å². The molecule has 3 aromatic heterocycles. The minimum Gasteiger partial charge on any atom is -0.487 e. The van der Waals surface area contributed by atoms with Crippen LogP contribution in [0.2, 0.25) is 0 Å². The summed E-state index contributed by atoms with van der Waals surface area (Å²) in [7, 11) is 0. The Bertz CT molecular complexity index is 1410. The lowest BCUT2D eigenvalue weighted by molar-refractivity contribution is 0.102. The Morgan fingerprint density at radius 2 is 1.56 bits per heavy atom. The van der Waals surface area contributed by atoms with Crippen molar-refractivity contribution in [2.75, 3.05) is 5.32 Å². The second kappa shape index (κ2) is 9.46. The fraction of sp³-hybridized carbons (Fsp3) is 0.0741. The minimum absolute atomic E-state index is 0.204. The van der Waals surface area contributed by atoms with Crippen molar-refractivity contribution < 1.29 is 14.3 Å². The van der Waals surface area contributed by atoms with Gasteiger partial charge in [0.1, 0.15) is 29.5 Å². The predicted molar refractivity (Wildman–Crippen MR) is 129 cm³/mol. The zero-order valence-corrected chi connectivity index (χ0v) is 18.5. The topological polar surface area (TPSA) is 77.8 Å². The zero-order valence-electron chi connectivity index (χ0n) is 18.5. The number of hydrogen-bond donors (Lipinski definition) is 1.